The number of anilines is 1. The molecule has 0 atom stereocenters. The first-order chi connectivity index (χ1) is 15.2. The first-order valence-electron chi connectivity index (χ1n) is 8.88. The Morgan fingerprint density at radius 1 is 0.875 bits per heavy atom. The van der Waals surface area contributed by atoms with Crippen LogP contribution in [0.5, 0.6) is 17.2 Å². The summed E-state index contributed by atoms with van der Waals surface area (Å²) in [7, 11) is 0. The van der Waals surface area contributed by atoms with E-state index in [1.807, 2.05) is 0 Å². The number of phenols is 1. The fourth-order valence-corrected chi connectivity index (χ4v) is 3.61. The average Bonchev–Trinajstić information content (AvgIpc) is 2.75. The van der Waals surface area contributed by atoms with Gasteiger partial charge in [-0.3, -0.25) is 9.59 Å². The molecule has 0 radical (unpaired) electrons. The molecule has 2 amide bonds. The predicted molar refractivity (Wildman–Crippen MR) is 124 cm³/mol. The number of phenolic OH excluding ortho intramolecular Hbond substituents is 1. The summed E-state index contributed by atoms with van der Waals surface area (Å²) < 4.78 is 5.80. The van der Waals surface area contributed by atoms with E-state index < -0.39 is 11.8 Å². The van der Waals surface area contributed by atoms with Crippen molar-refractivity contribution >= 4 is 63.9 Å². The van der Waals surface area contributed by atoms with E-state index in [0.29, 0.717) is 27.8 Å². The first kappa shape index (κ1) is 24.0. The van der Waals surface area contributed by atoms with E-state index in [4.69, 9.17) is 56.3 Å². The van der Waals surface area contributed by atoms with Gasteiger partial charge in [-0.15, -0.1) is 5.48 Å². The fourth-order valence-electron chi connectivity index (χ4n) is 2.73. The monoisotopic (exact) mass is 515 g/mol. The van der Waals surface area contributed by atoms with Gasteiger partial charge in [-0.2, -0.15) is 0 Å². The van der Waals surface area contributed by atoms with Crippen LogP contribution >= 0.6 is 46.4 Å². The second-order valence-corrected chi connectivity index (χ2v) is 8.12. The molecule has 0 fully saturated rings. The molecule has 32 heavy (non-hydrogen) atoms. The smallest absolute Gasteiger partial charge is 0.372 e. The fraction of sp³-hybridized carbons (Fsp3) is 0.0476. The van der Waals surface area contributed by atoms with Crippen molar-refractivity contribution in [3.05, 3.63) is 79.7 Å². The molecule has 0 aliphatic heterocycles. The van der Waals surface area contributed by atoms with Crippen LogP contribution in [0.25, 0.3) is 0 Å². The number of hydrogen-bond donors (Lipinski definition) is 3. The van der Waals surface area contributed by atoms with Gasteiger partial charge in [0, 0.05) is 17.7 Å². The molecule has 0 aliphatic rings. The number of benzene rings is 3. The summed E-state index contributed by atoms with van der Waals surface area (Å²) in [5, 5.41) is 20.2. The van der Waals surface area contributed by atoms with Gasteiger partial charge in [0.2, 0.25) is 0 Å². The van der Waals surface area contributed by atoms with Crippen molar-refractivity contribution in [2.24, 2.45) is 0 Å². The number of nitrogens with one attached hydrogen (secondary N) is 2. The van der Waals surface area contributed by atoms with Crippen LogP contribution in [0.15, 0.2) is 48.5 Å². The van der Waals surface area contributed by atoms with Crippen LogP contribution in [0.2, 0.25) is 20.1 Å². The van der Waals surface area contributed by atoms with Crippen LogP contribution < -0.4 is 15.5 Å². The summed E-state index contributed by atoms with van der Waals surface area (Å²) in [5.74, 6) is -1.66. The van der Waals surface area contributed by atoms with Crippen molar-refractivity contribution in [3.63, 3.8) is 0 Å². The Morgan fingerprint density at radius 2 is 1.56 bits per heavy atom. The molecule has 0 saturated carbocycles. The molecule has 0 bridgehead atoms. The molecule has 0 heterocycles. The molecule has 0 spiro atoms. The lowest BCUT2D eigenvalue weighted by Crippen LogP contribution is -2.33. The van der Waals surface area contributed by atoms with E-state index in [1.165, 1.54) is 29.7 Å². The molecule has 3 aromatic carbocycles. The Balaban J connectivity index is 1.82. The van der Waals surface area contributed by atoms with Crippen molar-refractivity contribution in [1.29, 1.82) is 0 Å². The van der Waals surface area contributed by atoms with E-state index >= 15 is 0 Å². The number of hydrogen-bond acceptors (Lipinski definition) is 4. The number of rotatable bonds is 5. The minimum Gasteiger partial charge on any atom is -0.508 e. The number of aromatic hydroxyl groups is 1. The maximum Gasteiger partial charge on any atom is 0.372 e. The molecule has 0 aromatic heterocycles. The van der Waals surface area contributed by atoms with Gasteiger partial charge >= 0.3 is 11.8 Å². The maximum absolute atomic E-state index is 11.6. The molecule has 0 saturated heterocycles. The third kappa shape index (κ3) is 5.76. The van der Waals surface area contributed by atoms with Gasteiger partial charge in [-0.25, -0.2) is 0 Å². The van der Waals surface area contributed by atoms with Gasteiger partial charge in [-0.1, -0.05) is 52.5 Å². The summed E-state index contributed by atoms with van der Waals surface area (Å²) in [6, 6.07) is 12.5. The minimum absolute atomic E-state index is 0.0614. The first-order valence-corrected chi connectivity index (χ1v) is 10.4. The third-order valence-corrected chi connectivity index (χ3v) is 5.53. The van der Waals surface area contributed by atoms with Gasteiger partial charge < -0.3 is 20.4 Å². The SMILES string of the molecule is O=C(N[OH2+])C(=O)Nc1cc(Cl)c(Oc2ccc(O)c(Cc3ccc(Cl)c(Cl)c3)c2)c(Cl)c1. The second kappa shape index (κ2) is 10.3. The number of carbonyl (C=O) groups is 2. The molecule has 7 nitrogen and oxygen atoms in total. The van der Waals surface area contributed by atoms with Gasteiger partial charge in [-0.05, 0) is 48.0 Å². The van der Waals surface area contributed by atoms with Crippen molar-refractivity contribution in [1.82, 2.24) is 5.48 Å². The lowest BCUT2D eigenvalue weighted by atomic mass is 10.0. The number of ether oxygens (including phenoxy) is 1. The summed E-state index contributed by atoms with van der Waals surface area (Å²) >= 11 is 24.5. The highest BCUT2D eigenvalue weighted by atomic mass is 35.5. The number of carbonyl (C=O) groups excluding carboxylic acids is 2. The van der Waals surface area contributed by atoms with Gasteiger partial charge in [0.25, 0.3) is 0 Å². The van der Waals surface area contributed by atoms with Gasteiger partial charge in [0.05, 0.1) is 20.1 Å². The van der Waals surface area contributed by atoms with E-state index in [9.17, 15) is 14.7 Å². The highest BCUT2D eigenvalue weighted by molar-refractivity contribution is 6.42. The zero-order valence-electron chi connectivity index (χ0n) is 16.0. The molecular weight excluding hydrogens is 502 g/mol. The second-order valence-electron chi connectivity index (χ2n) is 6.50. The van der Waals surface area contributed by atoms with Crippen LogP contribution in [-0.4, -0.2) is 22.1 Å². The van der Waals surface area contributed by atoms with Crippen LogP contribution in [-0.2, 0) is 16.0 Å². The third-order valence-electron chi connectivity index (χ3n) is 4.23. The summed E-state index contributed by atoms with van der Waals surface area (Å²) in [4.78, 5) is 22.8. The molecule has 166 valence electrons. The highest BCUT2D eigenvalue weighted by Gasteiger charge is 2.18. The Bertz CT molecular complexity index is 1180. The van der Waals surface area contributed by atoms with Gasteiger partial charge in [0.15, 0.2) is 5.75 Å². The molecule has 3 rings (SSSR count). The standard InChI is InChI=1S/C21H14Cl4N2O5/c22-14-3-1-10(6-15(14)23)5-11-7-13(2-4-18(11)28)32-19-16(24)8-12(9-17(19)25)26-20(29)21(30)27-31/h1-4,6-9,28,31H,5H2,(H,26,29)(H,27,30)/p+1. The number of halogens is 4. The zero-order chi connectivity index (χ0) is 23.4. The maximum atomic E-state index is 11.6. The molecule has 0 unspecified atom stereocenters. The zero-order valence-corrected chi connectivity index (χ0v) is 19.0. The van der Waals surface area contributed by atoms with Crippen molar-refractivity contribution in [3.8, 4) is 17.2 Å². The number of amides is 2. The van der Waals surface area contributed by atoms with Crippen molar-refractivity contribution in [2.75, 3.05) is 5.32 Å². The summed E-state index contributed by atoms with van der Waals surface area (Å²) in [6.07, 6.45) is 0.365. The van der Waals surface area contributed by atoms with Crippen LogP contribution in [0.3, 0.4) is 0 Å². The topological polar surface area (TPSA) is 111 Å². The largest absolute Gasteiger partial charge is 0.508 e. The Labute approximate surface area is 202 Å². The Morgan fingerprint density at radius 3 is 2.19 bits per heavy atom. The quantitative estimate of drug-likeness (QED) is 0.249. The van der Waals surface area contributed by atoms with E-state index in [0.717, 1.165) is 5.56 Å². The van der Waals surface area contributed by atoms with E-state index in [-0.39, 0.29) is 27.2 Å². The highest BCUT2D eigenvalue weighted by Crippen LogP contribution is 2.40. The normalized spacial score (nSPS) is 10.5. The predicted octanol–water partition coefficient (Wildman–Crippen LogP) is 5.08. The summed E-state index contributed by atoms with van der Waals surface area (Å²) in [6.45, 7) is 0. The Kier molecular flexibility index (Phi) is 7.71. The van der Waals surface area contributed by atoms with E-state index in [1.54, 1.807) is 24.3 Å². The average molecular weight is 517 g/mol. The Hall–Kier alpha value is -2.68. The number of hydroxylamine groups is 1. The van der Waals surface area contributed by atoms with E-state index in [2.05, 4.69) is 5.32 Å². The van der Waals surface area contributed by atoms with Gasteiger partial charge in [0.1, 0.15) is 11.5 Å². The summed E-state index contributed by atoms with van der Waals surface area (Å²) in [5.41, 5.74) is 3.01. The molecule has 3 aromatic rings. The minimum atomic E-state index is -1.14. The molecular formula is C21H15Cl4N2O5+. The van der Waals surface area contributed by atoms with Crippen LogP contribution in [0.4, 0.5) is 5.69 Å². The lowest BCUT2D eigenvalue weighted by molar-refractivity contribution is -0.141. The lowest BCUT2D eigenvalue weighted by Gasteiger charge is -2.13. The van der Waals surface area contributed by atoms with Crippen molar-refractivity contribution < 1.29 is 24.6 Å². The molecule has 0 aliphatic carbocycles. The van der Waals surface area contributed by atoms with Crippen LogP contribution in [0.1, 0.15) is 11.1 Å². The van der Waals surface area contributed by atoms with Crippen molar-refractivity contribution in [2.45, 2.75) is 6.42 Å². The molecule has 11 heteroatoms. The molecule has 5 N–H and O–H groups in total. The van der Waals surface area contributed by atoms with Crippen LogP contribution in [0, 0.1) is 0 Å².